The number of hydrogen-bond acceptors (Lipinski definition) is 10. The molecule has 0 heterocycles. The van der Waals surface area contributed by atoms with Gasteiger partial charge in [0.15, 0.2) is 8.32 Å². The van der Waals surface area contributed by atoms with E-state index in [0.29, 0.717) is 39.6 Å². The minimum Gasteiger partial charge on any atom is -0.414 e. The highest BCUT2D eigenvalue weighted by atomic mass is 28.4. The second kappa shape index (κ2) is 17.6. The first-order valence-corrected chi connectivity index (χ1v) is 18.6. The minimum absolute atomic E-state index is 0.0112. The van der Waals surface area contributed by atoms with Crippen LogP contribution < -0.4 is 0 Å². The van der Waals surface area contributed by atoms with Gasteiger partial charge in [0.1, 0.15) is 18.8 Å². The van der Waals surface area contributed by atoms with Crippen LogP contribution in [0.25, 0.3) is 0 Å². The van der Waals surface area contributed by atoms with E-state index in [1.54, 1.807) is 0 Å². The van der Waals surface area contributed by atoms with E-state index >= 15 is 0 Å². The van der Waals surface area contributed by atoms with Crippen molar-refractivity contribution < 1.29 is 48.1 Å². The third kappa shape index (κ3) is 15.4. The Kier molecular flexibility index (Phi) is 17.6. The van der Waals surface area contributed by atoms with Gasteiger partial charge in [-0.15, -0.1) is 0 Å². The van der Waals surface area contributed by atoms with E-state index in [1.165, 1.54) is 0 Å². The number of aliphatic hydroxyl groups is 1. The molecule has 0 aromatic rings. The van der Waals surface area contributed by atoms with Crippen molar-refractivity contribution in [3.05, 3.63) is 0 Å². The highest BCUT2D eigenvalue weighted by Gasteiger charge is 2.40. The van der Waals surface area contributed by atoms with E-state index in [1.807, 2.05) is 0 Å². The van der Waals surface area contributed by atoms with Gasteiger partial charge >= 0.3 is 0 Å². The number of ether oxygens (including phenoxy) is 4. The molecule has 2 atom stereocenters. The summed E-state index contributed by atoms with van der Waals surface area (Å²) in [6.45, 7) is 24.1. The van der Waals surface area contributed by atoms with Crippen LogP contribution in [-0.2, 0) is 37.7 Å². The van der Waals surface area contributed by atoms with Gasteiger partial charge in [-0.25, -0.2) is 9.78 Å². The second-order valence-electron chi connectivity index (χ2n) is 11.9. The summed E-state index contributed by atoms with van der Waals surface area (Å²) in [5.41, 5.74) is 0. The predicted molar refractivity (Wildman–Crippen MR) is 144 cm³/mol. The molecule has 0 aliphatic heterocycles. The van der Waals surface area contributed by atoms with E-state index in [-0.39, 0.29) is 42.6 Å². The van der Waals surface area contributed by atoms with Gasteiger partial charge in [0.05, 0.1) is 59.5 Å². The topological polar surface area (TPSA) is 114 Å². The first kappa shape index (κ1) is 36.0. The van der Waals surface area contributed by atoms with Crippen LogP contribution in [0.15, 0.2) is 0 Å². The van der Waals surface area contributed by atoms with Crippen molar-refractivity contribution in [3.8, 4) is 0 Å². The van der Waals surface area contributed by atoms with Crippen LogP contribution >= 0.6 is 0 Å². The number of aliphatic hydroxyl groups excluding tert-OH is 1. The Bertz CT molecular complexity index is 550. The maximum absolute atomic E-state index is 8.97. The zero-order valence-electron chi connectivity index (χ0n) is 24.4. The van der Waals surface area contributed by atoms with Gasteiger partial charge < -0.3 is 28.5 Å². The molecule has 0 aliphatic rings. The molecule has 36 heavy (non-hydrogen) atoms. The van der Waals surface area contributed by atoms with Gasteiger partial charge in [-0.05, 0) is 36.3 Å². The van der Waals surface area contributed by atoms with Crippen molar-refractivity contribution in [1.29, 1.82) is 0 Å². The average Bonchev–Trinajstić information content (AvgIpc) is 2.75. The molecular formula is C24H54O10Si2. The maximum Gasteiger partial charge on any atom is 0.238 e. The first-order valence-electron chi connectivity index (χ1n) is 12.8. The summed E-state index contributed by atoms with van der Waals surface area (Å²) in [6.07, 6.45) is -0.843. The highest BCUT2D eigenvalue weighted by Crippen LogP contribution is 2.37. The summed E-state index contributed by atoms with van der Waals surface area (Å²) in [6, 6.07) is 0. The van der Waals surface area contributed by atoms with Crippen LogP contribution in [0.2, 0.25) is 36.3 Å². The Morgan fingerprint density at radius 1 is 0.639 bits per heavy atom. The lowest BCUT2D eigenvalue weighted by molar-refractivity contribution is -0.321. The third-order valence-electron chi connectivity index (χ3n) is 6.68. The molecule has 0 spiro atoms. The smallest absolute Gasteiger partial charge is 0.238 e. The van der Waals surface area contributed by atoms with E-state index in [9.17, 15) is 0 Å². The van der Waals surface area contributed by atoms with Crippen molar-refractivity contribution in [3.63, 3.8) is 0 Å². The lowest BCUT2D eigenvalue weighted by Crippen LogP contribution is -2.43. The lowest BCUT2D eigenvalue weighted by atomic mass is 10.2. The van der Waals surface area contributed by atoms with Gasteiger partial charge in [0.25, 0.3) is 0 Å². The van der Waals surface area contributed by atoms with E-state index in [0.717, 1.165) is 0 Å². The average molecular weight is 559 g/mol. The zero-order valence-corrected chi connectivity index (χ0v) is 26.4. The van der Waals surface area contributed by atoms with Crippen LogP contribution in [-0.4, -0.2) is 105 Å². The van der Waals surface area contributed by atoms with Crippen LogP contribution in [0.1, 0.15) is 41.5 Å². The number of rotatable bonds is 21. The summed E-state index contributed by atoms with van der Waals surface area (Å²) >= 11 is 0. The van der Waals surface area contributed by atoms with Crippen molar-refractivity contribution in [2.24, 2.45) is 0 Å². The summed E-state index contributed by atoms with van der Waals surface area (Å²) in [5, 5.41) is 17.9. The quantitative estimate of drug-likeness (QED) is 0.0917. The maximum atomic E-state index is 8.97. The van der Waals surface area contributed by atoms with Gasteiger partial charge in [-0.1, -0.05) is 41.5 Å². The fourth-order valence-electron chi connectivity index (χ4n) is 2.20. The van der Waals surface area contributed by atoms with Crippen molar-refractivity contribution >= 4 is 16.6 Å². The first-order chi connectivity index (χ1) is 16.6. The molecule has 0 bridgehead atoms. The standard InChI is InChI=1S/C24H54O10Si2/c1-23(2,3)35(7,8)32-16-15-30-21(17-27-12-11-25)18-28-13-14-29-19-22(20-31-26)33-34-36(9,10)24(4,5)6/h21-22,25-26H,11-20H2,1-10H3. The molecule has 0 saturated heterocycles. The zero-order chi connectivity index (χ0) is 27.9. The van der Waals surface area contributed by atoms with Crippen LogP contribution in [0, 0.1) is 0 Å². The Balaban J connectivity index is 4.36. The molecule has 0 aliphatic carbocycles. The Labute approximate surface area is 220 Å². The third-order valence-corrected chi connectivity index (χ3v) is 15.3. The molecule has 10 nitrogen and oxygen atoms in total. The monoisotopic (exact) mass is 558 g/mol. The molecule has 2 unspecified atom stereocenters. The molecule has 218 valence electrons. The van der Waals surface area contributed by atoms with Crippen LogP contribution in [0.4, 0.5) is 0 Å². The molecule has 0 fully saturated rings. The molecule has 0 aromatic carbocycles. The fourth-order valence-corrected chi connectivity index (χ4v) is 3.85. The van der Waals surface area contributed by atoms with Gasteiger partial charge in [0, 0.05) is 0 Å². The van der Waals surface area contributed by atoms with Crippen LogP contribution in [0.3, 0.4) is 0 Å². The second-order valence-corrected chi connectivity index (χ2v) is 21.4. The van der Waals surface area contributed by atoms with Crippen molar-refractivity contribution in [2.45, 2.75) is 90.0 Å². The van der Waals surface area contributed by atoms with Gasteiger partial charge in [-0.2, -0.15) is 0 Å². The fraction of sp³-hybridized carbons (Fsp3) is 1.00. The summed E-state index contributed by atoms with van der Waals surface area (Å²) < 4.78 is 34.6. The molecular weight excluding hydrogens is 504 g/mol. The summed E-state index contributed by atoms with van der Waals surface area (Å²) in [4.78, 5) is 9.76. The van der Waals surface area contributed by atoms with Crippen molar-refractivity contribution in [2.75, 3.05) is 66.1 Å². The molecule has 0 radical (unpaired) electrons. The largest absolute Gasteiger partial charge is 0.414 e. The molecule has 0 amide bonds. The predicted octanol–water partition coefficient (Wildman–Crippen LogP) is 4.25. The Morgan fingerprint density at radius 3 is 1.61 bits per heavy atom. The summed E-state index contributed by atoms with van der Waals surface area (Å²) in [5.74, 6) is 0. The SMILES string of the molecule is CC(C)(C)[Si](C)(C)OCCOC(COCCO)COCCOCC(COO)OO[Si](C)(C)C(C)(C)C. The Hall–Kier alpha value is 0.0338. The molecule has 2 N–H and O–H groups in total. The number of hydrogen-bond donors (Lipinski definition) is 2. The van der Waals surface area contributed by atoms with E-state index < -0.39 is 22.7 Å². The van der Waals surface area contributed by atoms with Gasteiger partial charge in [0.2, 0.25) is 8.32 Å². The molecule has 12 heteroatoms. The van der Waals surface area contributed by atoms with E-state index in [4.69, 9.17) is 43.2 Å². The highest BCUT2D eigenvalue weighted by molar-refractivity contribution is 6.74. The van der Waals surface area contributed by atoms with Crippen molar-refractivity contribution in [1.82, 2.24) is 0 Å². The molecule has 0 aromatic heterocycles. The van der Waals surface area contributed by atoms with E-state index in [2.05, 4.69) is 72.6 Å². The minimum atomic E-state index is -2.11. The van der Waals surface area contributed by atoms with Crippen LogP contribution in [0.5, 0.6) is 0 Å². The molecule has 0 saturated carbocycles. The normalized spacial score (nSPS) is 15.3. The Morgan fingerprint density at radius 2 is 1.14 bits per heavy atom. The molecule has 0 rings (SSSR count). The van der Waals surface area contributed by atoms with Gasteiger partial charge in [-0.3, -0.25) is 9.83 Å². The summed E-state index contributed by atoms with van der Waals surface area (Å²) in [7, 11) is -3.93. The lowest BCUT2D eigenvalue weighted by Gasteiger charge is -2.36.